The largest absolute Gasteiger partial charge is 0.212 e. The number of hydrogen-bond acceptors (Lipinski definition) is 2. The Kier molecular flexibility index (Phi) is 3.10. The van der Waals surface area contributed by atoms with Gasteiger partial charge in [-0.3, -0.25) is 0 Å². The molecule has 100 valence electrons. The Morgan fingerprint density at radius 2 is 1.94 bits per heavy atom. The fourth-order valence-corrected chi connectivity index (χ4v) is 5.71. The molecule has 0 radical (unpaired) electrons. The molecule has 2 fully saturated rings. The fourth-order valence-electron chi connectivity index (χ4n) is 4.10. The molecule has 2 bridgehead atoms. The van der Waals surface area contributed by atoms with Crippen LogP contribution in [0.5, 0.6) is 0 Å². The molecule has 0 amide bonds. The predicted molar refractivity (Wildman–Crippen MR) is 70.2 cm³/mol. The van der Waals surface area contributed by atoms with Crippen molar-refractivity contribution in [3.8, 4) is 0 Å². The van der Waals surface area contributed by atoms with Gasteiger partial charge in [-0.05, 0) is 42.4 Å². The van der Waals surface area contributed by atoms with Crippen LogP contribution < -0.4 is 4.72 Å². The van der Waals surface area contributed by atoms with E-state index in [0.29, 0.717) is 12.3 Å². The minimum absolute atomic E-state index is 0.105. The second kappa shape index (κ2) is 3.95. The first-order chi connectivity index (χ1) is 7.71. The highest BCUT2D eigenvalue weighted by molar-refractivity contribution is 7.89. The molecule has 0 heterocycles. The van der Waals surface area contributed by atoms with E-state index in [-0.39, 0.29) is 22.6 Å². The van der Waals surface area contributed by atoms with Gasteiger partial charge >= 0.3 is 0 Å². The lowest BCUT2D eigenvalue weighted by atomic mass is 9.69. The van der Waals surface area contributed by atoms with Gasteiger partial charge in [0.05, 0.1) is 5.75 Å². The van der Waals surface area contributed by atoms with Crippen LogP contribution in [0.3, 0.4) is 0 Å². The van der Waals surface area contributed by atoms with Crippen LogP contribution in [0.25, 0.3) is 0 Å². The molecule has 3 nitrogen and oxygen atoms in total. The Balaban J connectivity index is 2.21. The summed E-state index contributed by atoms with van der Waals surface area (Å²) in [5.74, 6) is 0.933. The zero-order chi connectivity index (χ0) is 12.9. The number of rotatable bonds is 4. The highest BCUT2D eigenvalue weighted by atomic mass is 32.2. The average molecular weight is 259 g/mol. The van der Waals surface area contributed by atoms with Crippen LogP contribution >= 0.6 is 0 Å². The zero-order valence-electron chi connectivity index (χ0n) is 11.4. The highest BCUT2D eigenvalue weighted by Gasteiger charge is 2.60. The molecule has 2 aliphatic rings. The Bertz CT molecular complexity index is 397. The van der Waals surface area contributed by atoms with Gasteiger partial charge in [0, 0.05) is 6.04 Å². The van der Waals surface area contributed by atoms with Gasteiger partial charge in [-0.2, -0.15) is 0 Å². The first-order valence-corrected chi connectivity index (χ1v) is 8.36. The van der Waals surface area contributed by atoms with Gasteiger partial charge in [0.1, 0.15) is 0 Å². The second-order valence-corrected chi connectivity index (χ2v) is 8.66. The topological polar surface area (TPSA) is 46.2 Å². The summed E-state index contributed by atoms with van der Waals surface area (Å²) in [6.45, 7) is 8.61. The zero-order valence-corrected chi connectivity index (χ0v) is 12.2. The molecule has 0 aromatic heterocycles. The van der Waals surface area contributed by atoms with Crippen molar-refractivity contribution in [2.45, 2.75) is 59.4 Å². The van der Waals surface area contributed by atoms with Crippen molar-refractivity contribution >= 4 is 10.0 Å². The maximum atomic E-state index is 12.0. The minimum Gasteiger partial charge on any atom is -0.212 e. The molecule has 3 unspecified atom stereocenters. The van der Waals surface area contributed by atoms with Crippen molar-refractivity contribution in [1.29, 1.82) is 0 Å². The molecule has 0 aromatic rings. The predicted octanol–water partition coefficient (Wildman–Crippen LogP) is 2.53. The second-order valence-electron chi connectivity index (χ2n) is 6.78. The van der Waals surface area contributed by atoms with E-state index in [4.69, 9.17) is 0 Å². The molecule has 0 aromatic carbocycles. The normalized spacial score (nSPS) is 39.8. The summed E-state index contributed by atoms with van der Waals surface area (Å²) in [6.07, 6.45) is 4.29. The molecule has 4 heteroatoms. The number of fused-ring (bicyclic) bond motifs is 2. The molecule has 0 aliphatic heterocycles. The summed E-state index contributed by atoms with van der Waals surface area (Å²) in [7, 11) is -3.10. The lowest BCUT2D eigenvalue weighted by Crippen LogP contribution is -2.52. The molecular weight excluding hydrogens is 234 g/mol. The van der Waals surface area contributed by atoms with Crippen LogP contribution in [0.1, 0.15) is 53.4 Å². The maximum Gasteiger partial charge on any atom is 0.211 e. The molecular formula is C13H25NO2S. The third-order valence-corrected chi connectivity index (χ3v) is 6.58. The van der Waals surface area contributed by atoms with E-state index in [1.54, 1.807) is 0 Å². The summed E-state index contributed by atoms with van der Waals surface area (Å²) in [5, 5.41) is 0. The van der Waals surface area contributed by atoms with Crippen LogP contribution in [-0.2, 0) is 10.0 Å². The first-order valence-electron chi connectivity index (χ1n) is 6.71. The van der Waals surface area contributed by atoms with Crippen LogP contribution in [0.4, 0.5) is 0 Å². The quantitative estimate of drug-likeness (QED) is 0.843. The summed E-state index contributed by atoms with van der Waals surface area (Å²) in [6, 6.07) is 0.116. The Hall–Kier alpha value is -0.0900. The number of hydrogen-bond donors (Lipinski definition) is 1. The fraction of sp³-hybridized carbons (Fsp3) is 1.00. The van der Waals surface area contributed by atoms with Gasteiger partial charge in [0.25, 0.3) is 0 Å². The number of sulfonamides is 1. The van der Waals surface area contributed by atoms with Gasteiger partial charge in [-0.25, -0.2) is 13.1 Å². The Morgan fingerprint density at radius 1 is 1.29 bits per heavy atom. The average Bonchev–Trinajstić information content (AvgIpc) is 2.64. The summed E-state index contributed by atoms with van der Waals surface area (Å²) in [5.41, 5.74) is 0.281. The van der Waals surface area contributed by atoms with Gasteiger partial charge in [-0.15, -0.1) is 0 Å². The Labute approximate surface area is 105 Å². The van der Waals surface area contributed by atoms with Crippen LogP contribution in [-0.4, -0.2) is 20.2 Å². The maximum absolute atomic E-state index is 12.0. The molecule has 2 rings (SSSR count). The van der Waals surface area contributed by atoms with E-state index in [0.717, 1.165) is 0 Å². The van der Waals surface area contributed by atoms with Crippen molar-refractivity contribution in [1.82, 2.24) is 4.72 Å². The third kappa shape index (κ3) is 2.14. The van der Waals surface area contributed by atoms with E-state index >= 15 is 0 Å². The minimum atomic E-state index is -3.10. The number of nitrogens with one attached hydrogen (secondary N) is 1. The summed E-state index contributed by atoms with van der Waals surface area (Å²) in [4.78, 5) is 0. The molecule has 3 atom stereocenters. The standard InChI is InChI=1S/C13H25NO2S/c1-5-8-17(15,16)14-11-12(2,3)10-6-7-13(11,4)9-10/h10-11,14H,5-9H2,1-4H3. The molecule has 1 N–H and O–H groups in total. The van der Waals surface area contributed by atoms with E-state index < -0.39 is 10.0 Å². The van der Waals surface area contributed by atoms with Gasteiger partial charge in [0.2, 0.25) is 10.0 Å². The molecule has 17 heavy (non-hydrogen) atoms. The third-order valence-electron chi connectivity index (χ3n) is 5.04. The van der Waals surface area contributed by atoms with Crippen molar-refractivity contribution in [2.75, 3.05) is 5.75 Å². The Morgan fingerprint density at radius 3 is 2.41 bits per heavy atom. The molecule has 0 saturated heterocycles. The van der Waals surface area contributed by atoms with Gasteiger partial charge in [0.15, 0.2) is 0 Å². The van der Waals surface area contributed by atoms with E-state index in [1.807, 2.05) is 6.92 Å². The first kappa shape index (κ1) is 13.3. The molecule has 0 spiro atoms. The van der Waals surface area contributed by atoms with E-state index in [2.05, 4.69) is 25.5 Å². The van der Waals surface area contributed by atoms with Crippen molar-refractivity contribution in [2.24, 2.45) is 16.7 Å². The van der Waals surface area contributed by atoms with Crippen LogP contribution in [0, 0.1) is 16.7 Å². The lowest BCUT2D eigenvalue weighted by molar-refractivity contribution is 0.127. The molecule has 2 saturated carbocycles. The summed E-state index contributed by atoms with van der Waals surface area (Å²) < 4.78 is 27.0. The van der Waals surface area contributed by atoms with Gasteiger partial charge in [-0.1, -0.05) is 27.7 Å². The summed E-state index contributed by atoms with van der Waals surface area (Å²) >= 11 is 0. The monoisotopic (exact) mass is 259 g/mol. The smallest absolute Gasteiger partial charge is 0.211 e. The van der Waals surface area contributed by atoms with Crippen molar-refractivity contribution in [3.63, 3.8) is 0 Å². The van der Waals surface area contributed by atoms with E-state index in [1.165, 1.54) is 19.3 Å². The SMILES string of the molecule is CCCS(=O)(=O)NC1C2(C)CCC(C2)C1(C)C. The van der Waals surface area contributed by atoms with Crippen LogP contribution in [0.2, 0.25) is 0 Å². The molecule has 2 aliphatic carbocycles. The van der Waals surface area contributed by atoms with Crippen molar-refractivity contribution < 1.29 is 8.42 Å². The highest BCUT2D eigenvalue weighted by Crippen LogP contribution is 2.62. The van der Waals surface area contributed by atoms with Crippen molar-refractivity contribution in [3.05, 3.63) is 0 Å². The van der Waals surface area contributed by atoms with Crippen LogP contribution in [0.15, 0.2) is 0 Å². The van der Waals surface area contributed by atoms with Gasteiger partial charge < -0.3 is 0 Å². The lowest BCUT2D eigenvalue weighted by Gasteiger charge is -2.42. The van der Waals surface area contributed by atoms with E-state index in [9.17, 15) is 8.42 Å².